The number of aromatic nitrogens is 1. The van der Waals surface area contributed by atoms with Gasteiger partial charge < -0.3 is 24.5 Å². The van der Waals surface area contributed by atoms with E-state index >= 15 is 0 Å². The number of rotatable bonds is 4. The summed E-state index contributed by atoms with van der Waals surface area (Å²) < 4.78 is 21.1. The van der Waals surface area contributed by atoms with Crippen molar-refractivity contribution in [3.63, 3.8) is 0 Å². The first-order valence-electron chi connectivity index (χ1n) is 5.62. The number of aromatic amines is 1. The Morgan fingerprint density at radius 1 is 1.35 bits per heavy atom. The maximum Gasteiger partial charge on any atom is 0.380 e. The van der Waals surface area contributed by atoms with E-state index in [1.807, 2.05) is 0 Å². The Kier molecular flexibility index (Phi) is 4.92. The molecule has 0 aromatic carbocycles. The summed E-state index contributed by atoms with van der Waals surface area (Å²) in [5, 5.41) is 19.8. The van der Waals surface area contributed by atoms with Crippen LogP contribution in [0.4, 0.5) is 0 Å². The van der Waals surface area contributed by atoms with E-state index in [-0.39, 0.29) is 12.2 Å². The van der Waals surface area contributed by atoms with E-state index in [4.69, 9.17) is 27.2 Å². The fourth-order valence-electron chi connectivity index (χ4n) is 1.92. The second-order valence-corrected chi connectivity index (χ2v) is 8.55. The van der Waals surface area contributed by atoms with Crippen molar-refractivity contribution in [2.45, 2.75) is 24.4 Å². The maximum atomic E-state index is 11.0. The van der Waals surface area contributed by atoms with Crippen molar-refractivity contribution in [3.8, 4) is 0 Å². The molecule has 1 aliphatic rings. The zero-order valence-electron chi connectivity index (χ0n) is 9.98. The number of hydrogen-bond acceptors (Lipinski definition) is 6. The van der Waals surface area contributed by atoms with Crippen molar-refractivity contribution in [2.24, 2.45) is 0 Å². The van der Waals surface area contributed by atoms with Gasteiger partial charge in [0, 0.05) is 12.3 Å². The Hall–Kier alpha value is -0.400. The number of H-pyrrole nitrogens is 1. The molecule has 1 fully saturated rings. The summed E-state index contributed by atoms with van der Waals surface area (Å²) in [6.07, 6.45) is -6.63. The van der Waals surface area contributed by atoms with Gasteiger partial charge >= 0.3 is 6.07 Å². The smallest absolute Gasteiger partial charge is 0.380 e. The molecule has 7 nitrogen and oxygen atoms in total. The number of ether oxygens (including phenoxy) is 1. The summed E-state index contributed by atoms with van der Waals surface area (Å²) in [5.41, 5.74) is 0.186. The standard InChI is InChI=1S/C10H12Cl2NO6P/c11-20(12,17)18-4-6-8(15)9(16)10(19-6)5-1-2-7(14)13-3-5/h1-3,6,8-10,15-16H,4H2,(H,13,14)/t6-,8+,9+,10+/m1/s1. The van der Waals surface area contributed by atoms with Crippen molar-refractivity contribution < 1.29 is 24.0 Å². The molecule has 112 valence electrons. The van der Waals surface area contributed by atoms with Crippen molar-refractivity contribution >= 4 is 28.6 Å². The van der Waals surface area contributed by atoms with E-state index in [0.717, 1.165) is 0 Å². The molecule has 0 amide bonds. The lowest BCUT2D eigenvalue weighted by Gasteiger charge is -2.14. The normalized spacial score (nSPS) is 30.6. The van der Waals surface area contributed by atoms with Crippen LogP contribution in [0.15, 0.2) is 23.1 Å². The molecule has 0 aliphatic carbocycles. The van der Waals surface area contributed by atoms with Gasteiger partial charge in [-0.05, 0) is 34.1 Å². The quantitative estimate of drug-likeness (QED) is 0.707. The topological polar surface area (TPSA) is 109 Å². The van der Waals surface area contributed by atoms with Crippen LogP contribution in [0.1, 0.15) is 11.7 Å². The predicted octanol–water partition coefficient (Wildman–Crippen LogP) is 1.14. The average molecular weight is 344 g/mol. The fourth-order valence-corrected chi connectivity index (χ4v) is 2.58. The Morgan fingerprint density at radius 3 is 2.60 bits per heavy atom. The minimum absolute atomic E-state index is 0.299. The number of nitrogens with one attached hydrogen (secondary N) is 1. The molecule has 1 aliphatic heterocycles. The molecular weight excluding hydrogens is 332 g/mol. The SMILES string of the molecule is O=c1ccc([C@@H]2O[C@H](COP(=O)(Cl)Cl)[C@H](O)[C@@H]2O)c[nH]1. The third kappa shape index (κ3) is 3.83. The zero-order chi connectivity index (χ0) is 14.9. The van der Waals surface area contributed by atoms with Crippen LogP contribution in [0, 0.1) is 0 Å². The molecule has 0 bridgehead atoms. The summed E-state index contributed by atoms with van der Waals surface area (Å²) in [4.78, 5) is 13.4. The Labute approximate surface area is 123 Å². The molecule has 1 aromatic heterocycles. The average Bonchev–Trinajstić information content (AvgIpc) is 2.64. The van der Waals surface area contributed by atoms with Gasteiger partial charge in [-0.25, -0.2) is 0 Å². The van der Waals surface area contributed by atoms with E-state index in [1.54, 1.807) is 0 Å². The molecule has 2 rings (SSSR count). The minimum atomic E-state index is -3.74. The number of hydrogen-bond donors (Lipinski definition) is 3. The van der Waals surface area contributed by atoms with Gasteiger partial charge in [0.1, 0.15) is 24.4 Å². The largest absolute Gasteiger partial charge is 0.387 e. The lowest BCUT2D eigenvalue weighted by atomic mass is 10.0. The number of aliphatic hydroxyl groups excluding tert-OH is 2. The molecule has 0 spiro atoms. The summed E-state index contributed by atoms with van der Waals surface area (Å²) in [5.74, 6) is 0. The number of pyridine rings is 1. The molecule has 3 N–H and O–H groups in total. The van der Waals surface area contributed by atoms with E-state index in [0.29, 0.717) is 5.56 Å². The van der Waals surface area contributed by atoms with E-state index in [9.17, 15) is 19.6 Å². The van der Waals surface area contributed by atoms with Gasteiger partial charge in [0.25, 0.3) is 0 Å². The van der Waals surface area contributed by atoms with Gasteiger partial charge in [0.05, 0.1) is 6.61 Å². The second kappa shape index (κ2) is 6.15. The monoisotopic (exact) mass is 343 g/mol. The van der Waals surface area contributed by atoms with Crippen molar-refractivity contribution in [1.29, 1.82) is 0 Å². The molecular formula is C10H12Cl2NO6P. The van der Waals surface area contributed by atoms with Crippen LogP contribution >= 0.6 is 28.6 Å². The molecule has 1 aromatic rings. The molecule has 1 saturated heterocycles. The highest BCUT2D eigenvalue weighted by molar-refractivity contribution is 8.05. The van der Waals surface area contributed by atoms with Crippen LogP contribution in [-0.2, 0) is 13.8 Å². The molecule has 0 saturated carbocycles. The summed E-state index contributed by atoms with van der Waals surface area (Å²) in [6, 6.07) is 2.74. The van der Waals surface area contributed by atoms with Crippen LogP contribution in [0.2, 0.25) is 0 Å². The van der Waals surface area contributed by atoms with Crippen molar-refractivity contribution in [3.05, 3.63) is 34.2 Å². The predicted molar refractivity (Wildman–Crippen MR) is 72.0 cm³/mol. The van der Waals surface area contributed by atoms with Gasteiger partial charge in [0.15, 0.2) is 0 Å². The van der Waals surface area contributed by atoms with Crippen molar-refractivity contribution in [1.82, 2.24) is 4.98 Å². The van der Waals surface area contributed by atoms with Crippen LogP contribution in [-0.4, -0.2) is 40.1 Å². The maximum absolute atomic E-state index is 11.0. The van der Waals surface area contributed by atoms with E-state index in [2.05, 4.69) is 9.51 Å². The molecule has 20 heavy (non-hydrogen) atoms. The minimum Gasteiger partial charge on any atom is -0.387 e. The van der Waals surface area contributed by atoms with Gasteiger partial charge in [-0.1, -0.05) is 0 Å². The molecule has 0 radical (unpaired) electrons. The highest BCUT2D eigenvalue weighted by atomic mass is 35.9. The Morgan fingerprint density at radius 2 is 2.05 bits per heavy atom. The third-order valence-electron chi connectivity index (χ3n) is 2.89. The van der Waals surface area contributed by atoms with Crippen molar-refractivity contribution in [2.75, 3.05) is 6.61 Å². The van der Waals surface area contributed by atoms with E-state index < -0.39 is 30.5 Å². The van der Waals surface area contributed by atoms with Crippen LogP contribution in [0.5, 0.6) is 0 Å². The summed E-state index contributed by atoms with van der Waals surface area (Å²) in [7, 11) is 0. The lowest BCUT2D eigenvalue weighted by Crippen LogP contribution is -2.32. The first-order valence-corrected chi connectivity index (χ1v) is 9.05. The first-order chi connectivity index (χ1) is 9.28. The molecule has 10 heteroatoms. The van der Waals surface area contributed by atoms with E-state index in [1.165, 1.54) is 18.3 Å². The second-order valence-electron chi connectivity index (χ2n) is 4.27. The molecule has 2 heterocycles. The Balaban J connectivity index is 2.08. The van der Waals surface area contributed by atoms with Gasteiger partial charge in [-0.2, -0.15) is 0 Å². The first kappa shape index (κ1) is 16.0. The summed E-state index contributed by atoms with van der Waals surface area (Å²) >= 11 is 10.5. The lowest BCUT2D eigenvalue weighted by molar-refractivity contribution is -0.0153. The third-order valence-corrected chi connectivity index (χ3v) is 3.92. The van der Waals surface area contributed by atoms with Crippen LogP contribution in [0.3, 0.4) is 0 Å². The highest BCUT2D eigenvalue weighted by Crippen LogP contribution is 2.57. The number of halogens is 2. The van der Waals surface area contributed by atoms with Gasteiger partial charge in [0.2, 0.25) is 5.56 Å². The molecule has 4 atom stereocenters. The highest BCUT2D eigenvalue weighted by Gasteiger charge is 2.44. The van der Waals surface area contributed by atoms with Crippen LogP contribution < -0.4 is 5.56 Å². The fraction of sp³-hybridized carbons (Fsp3) is 0.500. The zero-order valence-corrected chi connectivity index (χ0v) is 12.4. The van der Waals surface area contributed by atoms with Gasteiger partial charge in [-0.15, -0.1) is 0 Å². The Bertz CT molecular complexity index is 555. The van der Waals surface area contributed by atoms with Gasteiger partial charge in [-0.3, -0.25) is 9.36 Å². The summed E-state index contributed by atoms with van der Waals surface area (Å²) in [6.45, 7) is -0.331. The molecule has 0 unspecified atom stereocenters. The van der Waals surface area contributed by atoms with Crippen LogP contribution in [0.25, 0.3) is 0 Å². The number of aliphatic hydroxyl groups is 2.